The lowest BCUT2D eigenvalue weighted by atomic mass is 9.94. The van der Waals surface area contributed by atoms with Crippen LogP contribution < -0.4 is 0 Å². The van der Waals surface area contributed by atoms with E-state index < -0.39 is 0 Å². The fraction of sp³-hybridized carbons (Fsp3) is 1.00. The highest BCUT2D eigenvalue weighted by atomic mass is 16.7. The molecule has 0 saturated carbocycles. The van der Waals surface area contributed by atoms with E-state index in [1.807, 2.05) is 13.8 Å². The van der Waals surface area contributed by atoms with Gasteiger partial charge in [-0.2, -0.15) is 0 Å². The van der Waals surface area contributed by atoms with Gasteiger partial charge in [0.2, 0.25) is 0 Å². The quantitative estimate of drug-likeness (QED) is 0.559. The van der Waals surface area contributed by atoms with Crippen LogP contribution in [0.25, 0.3) is 0 Å². The molecule has 0 aromatic rings. The average Bonchev–Trinajstić information content (AvgIpc) is 1.94. The van der Waals surface area contributed by atoms with E-state index in [1.165, 1.54) is 0 Å². The monoisotopic (exact) mass is 154 g/mol. The minimum absolute atomic E-state index is 0.384. The highest BCUT2D eigenvalue weighted by molar-refractivity contribution is 6.08. The van der Waals surface area contributed by atoms with Crippen LogP contribution in [0.3, 0.4) is 0 Å². The van der Waals surface area contributed by atoms with E-state index in [-0.39, 0.29) is 5.79 Å². The largest absolute Gasteiger partial charge is 0.350 e. The van der Waals surface area contributed by atoms with Crippen molar-refractivity contribution in [2.45, 2.75) is 32.4 Å². The molecule has 0 spiro atoms. The summed E-state index contributed by atoms with van der Waals surface area (Å²) in [7, 11) is 5.42. The van der Waals surface area contributed by atoms with Crippen molar-refractivity contribution in [2.24, 2.45) is 5.92 Å². The molecule has 0 atom stereocenters. The fourth-order valence-corrected chi connectivity index (χ4v) is 1.13. The highest BCUT2D eigenvalue weighted by Crippen LogP contribution is 2.22. The molecule has 0 N–H and O–H groups in total. The summed E-state index contributed by atoms with van der Waals surface area (Å²) in [6.45, 7) is 5.44. The van der Waals surface area contributed by atoms with Gasteiger partial charge in [0.1, 0.15) is 0 Å². The van der Waals surface area contributed by atoms with E-state index in [1.54, 1.807) is 0 Å². The molecule has 0 aromatic heterocycles. The van der Waals surface area contributed by atoms with Crippen LogP contribution in [0.15, 0.2) is 0 Å². The van der Waals surface area contributed by atoms with Crippen LogP contribution in [0.2, 0.25) is 6.32 Å². The number of ether oxygens (including phenoxy) is 2. The van der Waals surface area contributed by atoms with Crippen LogP contribution in [-0.4, -0.2) is 26.8 Å². The topological polar surface area (TPSA) is 18.5 Å². The van der Waals surface area contributed by atoms with Gasteiger partial charge in [-0.25, -0.2) is 0 Å². The number of hydrogen-bond acceptors (Lipinski definition) is 2. The summed E-state index contributed by atoms with van der Waals surface area (Å²) in [4.78, 5) is 0. The van der Waals surface area contributed by atoms with Crippen LogP contribution in [0.1, 0.15) is 20.3 Å². The van der Waals surface area contributed by atoms with Crippen molar-refractivity contribution in [3.8, 4) is 0 Å². The van der Waals surface area contributed by atoms with E-state index in [2.05, 4.69) is 0 Å². The lowest BCUT2D eigenvalue weighted by Crippen LogP contribution is -2.39. The molecule has 3 heteroatoms. The van der Waals surface area contributed by atoms with Crippen LogP contribution in [0.5, 0.6) is 0 Å². The van der Waals surface area contributed by atoms with Crippen molar-refractivity contribution in [1.29, 1.82) is 0 Å². The van der Waals surface area contributed by atoms with Gasteiger partial charge in [-0.05, 0) is 13.8 Å². The second-order valence-electron chi connectivity index (χ2n) is 3.47. The first kappa shape index (κ1) is 9.08. The van der Waals surface area contributed by atoms with Crippen LogP contribution in [0, 0.1) is 5.92 Å². The van der Waals surface area contributed by atoms with E-state index in [4.69, 9.17) is 17.3 Å². The van der Waals surface area contributed by atoms with Gasteiger partial charge >= 0.3 is 0 Å². The van der Waals surface area contributed by atoms with Gasteiger partial charge in [-0.3, -0.25) is 0 Å². The fourth-order valence-electron chi connectivity index (χ4n) is 1.13. The second-order valence-corrected chi connectivity index (χ2v) is 3.47. The molecule has 1 aliphatic rings. The van der Waals surface area contributed by atoms with E-state index in [0.29, 0.717) is 5.92 Å². The van der Waals surface area contributed by atoms with Crippen molar-refractivity contribution in [3.05, 3.63) is 0 Å². The molecule has 11 heavy (non-hydrogen) atoms. The normalized spacial score (nSPS) is 25.3. The van der Waals surface area contributed by atoms with Crippen molar-refractivity contribution in [2.75, 3.05) is 13.2 Å². The third kappa shape index (κ3) is 2.84. The first-order valence-electron chi connectivity index (χ1n) is 4.12. The molecule has 1 heterocycles. The van der Waals surface area contributed by atoms with Gasteiger partial charge in [0.25, 0.3) is 0 Å². The van der Waals surface area contributed by atoms with Gasteiger partial charge < -0.3 is 9.47 Å². The zero-order valence-electron chi connectivity index (χ0n) is 7.30. The average molecular weight is 154 g/mol. The molecule has 0 aromatic carbocycles. The molecule has 1 rings (SSSR count). The Morgan fingerprint density at radius 3 is 2.36 bits per heavy atom. The van der Waals surface area contributed by atoms with Crippen LogP contribution in [-0.2, 0) is 9.47 Å². The van der Waals surface area contributed by atoms with Crippen LogP contribution >= 0.6 is 0 Å². The molecule has 0 amide bonds. The molecule has 1 aliphatic heterocycles. The smallest absolute Gasteiger partial charge is 0.162 e. The summed E-state index contributed by atoms with van der Waals surface area (Å²) in [6, 6.07) is 0. The maximum Gasteiger partial charge on any atom is 0.162 e. The predicted molar refractivity (Wildman–Crippen MR) is 44.7 cm³/mol. The molecule has 2 radical (unpaired) electrons. The summed E-state index contributed by atoms with van der Waals surface area (Å²) < 4.78 is 10.9. The summed E-state index contributed by atoms with van der Waals surface area (Å²) in [5.74, 6) is 0.110. The van der Waals surface area contributed by atoms with Crippen LogP contribution in [0.4, 0.5) is 0 Å². The van der Waals surface area contributed by atoms with E-state index in [9.17, 15) is 0 Å². The van der Waals surface area contributed by atoms with E-state index in [0.717, 1.165) is 26.0 Å². The Bertz CT molecular complexity index is 115. The number of hydrogen-bond donors (Lipinski definition) is 0. The molecule has 1 saturated heterocycles. The Morgan fingerprint density at radius 2 is 1.91 bits per heavy atom. The van der Waals surface area contributed by atoms with Crippen molar-refractivity contribution in [3.63, 3.8) is 0 Å². The van der Waals surface area contributed by atoms with Gasteiger partial charge in [-0.15, -0.1) is 0 Å². The Balaban J connectivity index is 2.25. The Morgan fingerprint density at radius 1 is 1.36 bits per heavy atom. The van der Waals surface area contributed by atoms with Gasteiger partial charge in [-0.1, -0.05) is 12.7 Å². The second kappa shape index (κ2) is 3.59. The summed E-state index contributed by atoms with van der Waals surface area (Å²) in [5.41, 5.74) is 0. The molecular formula is C8H15BO2. The Kier molecular flexibility index (Phi) is 2.96. The first-order chi connectivity index (χ1) is 5.14. The van der Waals surface area contributed by atoms with Crippen molar-refractivity contribution >= 4 is 7.85 Å². The molecule has 0 bridgehead atoms. The van der Waals surface area contributed by atoms with Gasteiger partial charge in [0.05, 0.1) is 21.1 Å². The minimum atomic E-state index is -0.384. The molecule has 1 fully saturated rings. The molecule has 2 nitrogen and oxygen atoms in total. The SMILES string of the molecule is [B]CCC1COC(C)(C)OC1. The maximum absolute atomic E-state index is 5.45. The molecule has 0 unspecified atom stereocenters. The standard InChI is InChI=1S/C8H15BO2/c1-8(2)10-5-7(3-4-9)6-11-8/h7H,3-6H2,1-2H3. The van der Waals surface area contributed by atoms with Crippen molar-refractivity contribution in [1.82, 2.24) is 0 Å². The molecule has 0 aliphatic carbocycles. The molecule has 62 valence electrons. The van der Waals surface area contributed by atoms with Gasteiger partial charge in [0, 0.05) is 5.92 Å². The zero-order chi connectivity index (χ0) is 8.32. The summed E-state index contributed by atoms with van der Waals surface area (Å²) in [5, 5.41) is 0. The third-order valence-corrected chi connectivity index (χ3v) is 1.91. The first-order valence-corrected chi connectivity index (χ1v) is 4.12. The Hall–Kier alpha value is -0.0151. The van der Waals surface area contributed by atoms with Crippen molar-refractivity contribution < 1.29 is 9.47 Å². The van der Waals surface area contributed by atoms with Gasteiger partial charge in [0.15, 0.2) is 5.79 Å². The Labute approximate surface area is 69.7 Å². The third-order valence-electron chi connectivity index (χ3n) is 1.91. The lowest BCUT2D eigenvalue weighted by molar-refractivity contribution is -0.262. The molecular weight excluding hydrogens is 139 g/mol. The minimum Gasteiger partial charge on any atom is -0.350 e. The predicted octanol–water partition coefficient (Wildman–Crippen LogP) is 1.36. The van der Waals surface area contributed by atoms with E-state index >= 15 is 0 Å². The zero-order valence-corrected chi connectivity index (χ0v) is 7.30. The lowest BCUT2D eigenvalue weighted by Gasteiger charge is -2.34. The number of rotatable bonds is 2. The summed E-state index contributed by atoms with van der Waals surface area (Å²) >= 11 is 0. The summed E-state index contributed by atoms with van der Waals surface area (Å²) in [6.07, 6.45) is 1.72. The maximum atomic E-state index is 5.45. The highest BCUT2D eigenvalue weighted by Gasteiger charge is 2.27.